The van der Waals surface area contributed by atoms with Crippen LogP contribution in [0, 0.1) is 20.8 Å². The average Bonchev–Trinajstić information content (AvgIpc) is 1.61. The first-order valence-corrected chi connectivity index (χ1v) is 49.7. The minimum atomic E-state index is -0.604. The number of benzene rings is 21. The maximum absolute atomic E-state index is 7.16. The van der Waals surface area contributed by atoms with Gasteiger partial charge in [-0.15, -0.1) is 0 Å². The van der Waals surface area contributed by atoms with E-state index in [1.54, 1.807) is 0 Å². The second kappa shape index (κ2) is 29.0. The number of fused-ring (bicyclic) bond motifs is 44. The molecule has 3 spiro atoms. The molecule has 0 saturated heterocycles. The zero-order valence-electron chi connectivity index (χ0n) is 77.2. The SMILES string of the molecule is Cc1ccc(-n2c3ccccc3c3c4c(ccc32)C2(c3ccccc3S4)c3ccccc3-n3c4ccccc4c4cccc2c43)cc1.Cc1ccc(-n2c3ccccc3c3cc4c(cc32)Oc2ccccc2C42c3ccccc3-n3c4ccccc4c4cccc2c43)cc1.Cc1ccc(-n2c3ccccc3c3ccc4c(c32)Oc2ccccc2C42c3ccccc3-n3c4ccccc4c4cccc2c43)cc1. The van der Waals surface area contributed by atoms with Gasteiger partial charge >= 0.3 is 0 Å². The second-order valence-corrected chi connectivity index (χ2v) is 39.9. The standard InChI is InChI=1S/2C44H28N2O.C44H28N2S/c1-27-21-23-28(24-22-27)45-37-17-6-3-12-30(37)32-25-36-42(26-40(32)45)47-41-20-9-5-15-34(41)44(36)33-14-4-8-19-39(33)46-38-18-7-2-11-29(38)31-13-10-16-35(44)43(31)46;1-27-21-23-28(24-22-27)45-37-17-6-2-12-30(37)32-25-26-36-43(42(32)45)47-40-20-9-5-15-34(40)44(36)33-14-4-8-19-39(33)46-38-18-7-3-11-29(38)31-13-10-16-35(44)41(31)46;1-27-21-23-28(24-22-27)45-37-18-7-3-12-31(37)41-39(45)26-25-35-43(41)47-40-20-9-5-15-33(40)44(35)32-14-4-8-19-38(32)46-36-17-6-2-11-29(36)30-13-10-16-34(44)42(30)46/h3*2-26H,1H3. The number of nitrogens with zero attached hydrogens (tertiary/aromatic N) is 6. The molecule has 6 aromatic heterocycles. The fraction of sp³-hybridized carbons (Fsp3) is 0.0455. The third kappa shape index (κ3) is 10.2. The van der Waals surface area contributed by atoms with Gasteiger partial charge in [0, 0.05) is 120 Å². The van der Waals surface area contributed by atoms with Crippen LogP contribution in [0.2, 0.25) is 0 Å². The highest BCUT2D eigenvalue weighted by atomic mass is 32.2. The number of aryl methyl sites for hydroxylation is 3. The van der Waals surface area contributed by atoms with Gasteiger partial charge in [-0.3, -0.25) is 0 Å². The summed E-state index contributed by atoms with van der Waals surface area (Å²) < 4.78 is 28.8. The highest BCUT2D eigenvalue weighted by Gasteiger charge is 2.55. The lowest BCUT2D eigenvalue weighted by Crippen LogP contribution is -2.37. The van der Waals surface area contributed by atoms with Crippen LogP contribution in [-0.4, -0.2) is 27.4 Å². The quantitative estimate of drug-likeness (QED) is 0.177. The van der Waals surface area contributed by atoms with Crippen molar-refractivity contribution in [3.05, 3.63) is 538 Å². The highest BCUT2D eigenvalue weighted by molar-refractivity contribution is 7.99. The van der Waals surface area contributed by atoms with Gasteiger partial charge in [0.05, 0.1) is 99.5 Å². The van der Waals surface area contributed by atoms with Crippen molar-refractivity contribution in [3.63, 3.8) is 0 Å². The Bertz CT molecular complexity index is 9940. The van der Waals surface area contributed by atoms with E-state index in [0.717, 1.165) is 51.0 Å². The normalized spacial score (nSPS) is 16.1. The fourth-order valence-corrected chi connectivity index (χ4v) is 27.7. The zero-order valence-corrected chi connectivity index (χ0v) is 78.0. The Labute approximate surface area is 815 Å². The lowest BCUT2D eigenvalue weighted by molar-refractivity contribution is 0.434. The van der Waals surface area contributed by atoms with E-state index in [1.165, 1.54) is 230 Å². The van der Waals surface area contributed by atoms with Gasteiger partial charge in [-0.05, 0) is 187 Å². The van der Waals surface area contributed by atoms with E-state index in [-0.39, 0.29) is 0 Å². The van der Waals surface area contributed by atoms with Gasteiger partial charge < -0.3 is 36.9 Å². The summed E-state index contributed by atoms with van der Waals surface area (Å²) in [4.78, 5) is 2.66. The zero-order chi connectivity index (χ0) is 92.6. The van der Waals surface area contributed by atoms with Crippen LogP contribution in [0.25, 0.3) is 165 Å². The van der Waals surface area contributed by atoms with E-state index >= 15 is 0 Å². The lowest BCUT2D eigenvalue weighted by atomic mass is 9.61. The molecule has 0 radical (unpaired) electrons. The maximum Gasteiger partial charge on any atom is 0.156 e. The highest BCUT2D eigenvalue weighted by Crippen LogP contribution is 2.67. The molecule has 0 amide bonds. The molecule has 3 unspecified atom stereocenters. The molecular formula is C132H84N6O2S. The number of para-hydroxylation sites is 14. The molecular weight excluding hydrogens is 1730 g/mol. The van der Waals surface area contributed by atoms with Gasteiger partial charge in [0.1, 0.15) is 17.2 Å². The third-order valence-corrected chi connectivity index (χ3v) is 33.1. The number of rotatable bonds is 3. The van der Waals surface area contributed by atoms with Crippen LogP contribution in [-0.2, 0) is 16.2 Å². The van der Waals surface area contributed by atoms with E-state index < -0.39 is 16.2 Å². The number of ether oxygens (including phenoxy) is 2. The minimum absolute atomic E-state index is 0.487. The van der Waals surface area contributed by atoms with Crippen LogP contribution in [0.5, 0.6) is 23.0 Å². The molecule has 0 N–H and O–H groups in total. The van der Waals surface area contributed by atoms with E-state index in [9.17, 15) is 0 Å². The van der Waals surface area contributed by atoms with Crippen molar-refractivity contribution in [1.82, 2.24) is 27.4 Å². The van der Waals surface area contributed by atoms with E-state index in [4.69, 9.17) is 9.47 Å². The van der Waals surface area contributed by atoms with Gasteiger partial charge in [0.25, 0.3) is 0 Å². The van der Waals surface area contributed by atoms with Crippen molar-refractivity contribution in [3.8, 4) is 57.1 Å². The first-order valence-electron chi connectivity index (χ1n) is 48.9. The Morgan fingerprint density at radius 1 is 0.191 bits per heavy atom. The van der Waals surface area contributed by atoms with Crippen LogP contribution >= 0.6 is 11.8 Å². The van der Waals surface area contributed by atoms with E-state index in [0.29, 0.717) is 0 Å². The molecule has 0 fully saturated rings. The van der Waals surface area contributed by atoms with Crippen LogP contribution < -0.4 is 9.47 Å². The largest absolute Gasteiger partial charge is 0.457 e. The Balaban J connectivity index is 0.0000000972. The van der Waals surface area contributed by atoms with Gasteiger partial charge in [0.2, 0.25) is 0 Å². The van der Waals surface area contributed by atoms with Crippen molar-refractivity contribution < 1.29 is 9.47 Å². The first kappa shape index (κ1) is 78.5. The summed E-state index contributed by atoms with van der Waals surface area (Å²) in [6, 6.07) is 168. The molecule has 141 heavy (non-hydrogen) atoms. The predicted octanol–water partition coefficient (Wildman–Crippen LogP) is 33.3. The van der Waals surface area contributed by atoms with Crippen molar-refractivity contribution in [1.29, 1.82) is 0 Å². The molecule has 6 aliphatic rings. The molecule has 6 aliphatic heterocycles. The number of hydrogen-bond donors (Lipinski definition) is 0. The summed E-state index contributed by atoms with van der Waals surface area (Å²) in [5.41, 5.74) is 39.0. The summed E-state index contributed by atoms with van der Waals surface area (Å²) in [5, 5.41) is 15.2. The second-order valence-electron chi connectivity index (χ2n) is 38.9. The lowest BCUT2D eigenvalue weighted by Gasteiger charge is -2.45. The number of hydrogen-bond acceptors (Lipinski definition) is 3. The molecule has 9 heteroatoms. The molecule has 0 aliphatic carbocycles. The maximum atomic E-state index is 7.16. The summed E-state index contributed by atoms with van der Waals surface area (Å²) in [7, 11) is 0. The average molecular weight is 1820 g/mol. The van der Waals surface area contributed by atoms with E-state index in [2.05, 4.69) is 503 Å². The molecule has 21 aromatic carbocycles. The Morgan fingerprint density at radius 2 is 0.525 bits per heavy atom. The van der Waals surface area contributed by atoms with Crippen LogP contribution in [0.15, 0.2) is 465 Å². The Kier molecular flexibility index (Phi) is 16.1. The summed E-state index contributed by atoms with van der Waals surface area (Å²) in [6.07, 6.45) is 0. The molecule has 3 atom stereocenters. The third-order valence-electron chi connectivity index (χ3n) is 31.9. The van der Waals surface area contributed by atoms with Crippen molar-refractivity contribution >= 4 is 143 Å². The fourth-order valence-electron chi connectivity index (χ4n) is 26.4. The topological polar surface area (TPSA) is 48.0 Å². The molecule has 0 saturated carbocycles. The van der Waals surface area contributed by atoms with Gasteiger partial charge in [-0.2, -0.15) is 0 Å². The van der Waals surface area contributed by atoms with Crippen LogP contribution in [0.4, 0.5) is 0 Å². The van der Waals surface area contributed by atoms with Gasteiger partial charge in [-0.1, -0.05) is 356 Å². The van der Waals surface area contributed by atoms with Crippen LogP contribution in [0.3, 0.4) is 0 Å². The minimum Gasteiger partial charge on any atom is -0.457 e. The Morgan fingerprint density at radius 3 is 1.01 bits per heavy atom. The molecule has 8 nitrogen and oxygen atoms in total. The summed E-state index contributed by atoms with van der Waals surface area (Å²) >= 11 is 1.94. The van der Waals surface area contributed by atoms with Gasteiger partial charge in [-0.25, -0.2) is 0 Å². The van der Waals surface area contributed by atoms with Crippen molar-refractivity contribution in [2.75, 3.05) is 0 Å². The van der Waals surface area contributed by atoms with Gasteiger partial charge in [0.15, 0.2) is 5.75 Å². The van der Waals surface area contributed by atoms with Crippen molar-refractivity contribution in [2.24, 2.45) is 0 Å². The number of aromatic nitrogens is 6. The summed E-state index contributed by atoms with van der Waals surface area (Å²) in [6.45, 7) is 6.43. The smallest absolute Gasteiger partial charge is 0.156 e. The van der Waals surface area contributed by atoms with Crippen LogP contribution in [0.1, 0.15) is 83.5 Å². The Hall–Kier alpha value is -17.6. The summed E-state index contributed by atoms with van der Waals surface area (Å²) in [5.74, 6) is 3.59. The van der Waals surface area contributed by atoms with Crippen molar-refractivity contribution in [2.45, 2.75) is 46.8 Å². The molecule has 12 heterocycles. The molecule has 0 bridgehead atoms. The first-order chi connectivity index (χ1) is 69.7. The molecule has 27 aromatic rings. The molecule has 33 rings (SSSR count). The monoisotopic (exact) mass is 1820 g/mol. The molecule has 660 valence electrons. The predicted molar refractivity (Wildman–Crippen MR) is 579 cm³/mol. The van der Waals surface area contributed by atoms with E-state index in [1.807, 2.05) is 11.8 Å².